The fourth-order valence-corrected chi connectivity index (χ4v) is 1.99. The number of nitrogens with two attached hydrogens (primary N) is 1. The van der Waals surface area contributed by atoms with Crippen molar-refractivity contribution in [2.24, 2.45) is 11.1 Å². The molecule has 0 spiro atoms. The summed E-state index contributed by atoms with van der Waals surface area (Å²) in [6.07, 6.45) is 4.40. The first-order valence-corrected chi connectivity index (χ1v) is 5.13. The number of hydrogen-bond donors (Lipinski definition) is 1. The molecule has 82 valence electrons. The third-order valence-corrected chi connectivity index (χ3v) is 3.11. The van der Waals surface area contributed by atoms with Crippen molar-refractivity contribution in [1.29, 1.82) is 0 Å². The number of furan rings is 1. The Morgan fingerprint density at radius 1 is 1.47 bits per heavy atom. The highest BCUT2D eigenvalue weighted by molar-refractivity contribution is 6.00. The van der Waals surface area contributed by atoms with Gasteiger partial charge in [0.05, 0.1) is 17.2 Å². The summed E-state index contributed by atoms with van der Waals surface area (Å²) in [5.41, 5.74) is 5.91. The molecule has 2 heterocycles. The van der Waals surface area contributed by atoms with Crippen molar-refractivity contribution in [2.45, 2.75) is 12.8 Å². The van der Waals surface area contributed by atoms with Crippen LogP contribution in [0, 0.1) is 5.41 Å². The van der Waals surface area contributed by atoms with Gasteiger partial charge in [-0.2, -0.15) is 0 Å². The molecule has 0 amide bonds. The van der Waals surface area contributed by atoms with E-state index < -0.39 is 5.41 Å². The minimum Gasteiger partial charge on any atom is -0.472 e. The molecule has 0 radical (unpaired) electrons. The molecule has 0 aliphatic carbocycles. The van der Waals surface area contributed by atoms with Crippen molar-refractivity contribution in [1.82, 2.24) is 0 Å². The second-order valence-electron chi connectivity index (χ2n) is 3.94. The van der Waals surface area contributed by atoms with Crippen LogP contribution in [0.3, 0.4) is 0 Å². The maximum atomic E-state index is 12.2. The predicted molar refractivity (Wildman–Crippen MR) is 54.6 cm³/mol. The number of ether oxygens (including phenoxy) is 1. The summed E-state index contributed by atoms with van der Waals surface area (Å²) < 4.78 is 10.2. The topological polar surface area (TPSA) is 65.5 Å². The van der Waals surface area contributed by atoms with E-state index in [1.807, 2.05) is 0 Å². The van der Waals surface area contributed by atoms with E-state index in [-0.39, 0.29) is 5.78 Å². The van der Waals surface area contributed by atoms with E-state index in [1.165, 1.54) is 12.5 Å². The van der Waals surface area contributed by atoms with Gasteiger partial charge in [-0.3, -0.25) is 4.79 Å². The van der Waals surface area contributed by atoms with Gasteiger partial charge in [-0.1, -0.05) is 0 Å². The van der Waals surface area contributed by atoms with Crippen LogP contribution in [0.25, 0.3) is 0 Å². The highest BCUT2D eigenvalue weighted by Gasteiger charge is 2.39. The normalized spacial score (nSPS) is 20.1. The average Bonchev–Trinajstić information content (AvgIpc) is 2.82. The molecule has 2 rings (SSSR count). The summed E-state index contributed by atoms with van der Waals surface area (Å²) in [6, 6.07) is 1.69. The van der Waals surface area contributed by atoms with Crippen molar-refractivity contribution in [3.05, 3.63) is 24.2 Å². The van der Waals surface area contributed by atoms with Crippen LogP contribution >= 0.6 is 0 Å². The molecule has 1 aliphatic heterocycles. The van der Waals surface area contributed by atoms with Gasteiger partial charge in [-0.25, -0.2) is 0 Å². The number of ketones is 1. The van der Waals surface area contributed by atoms with Crippen LogP contribution in [-0.2, 0) is 4.74 Å². The molecule has 1 saturated heterocycles. The van der Waals surface area contributed by atoms with Gasteiger partial charge in [0.1, 0.15) is 6.26 Å². The molecule has 1 aromatic rings. The van der Waals surface area contributed by atoms with E-state index >= 15 is 0 Å². The van der Waals surface area contributed by atoms with Crippen molar-refractivity contribution >= 4 is 5.78 Å². The fraction of sp³-hybridized carbons (Fsp3) is 0.545. The van der Waals surface area contributed by atoms with Crippen LogP contribution in [0.1, 0.15) is 23.2 Å². The Morgan fingerprint density at radius 3 is 2.73 bits per heavy atom. The highest BCUT2D eigenvalue weighted by atomic mass is 16.5. The summed E-state index contributed by atoms with van der Waals surface area (Å²) in [7, 11) is 0. The second-order valence-corrected chi connectivity index (χ2v) is 3.94. The Kier molecular flexibility index (Phi) is 2.88. The lowest BCUT2D eigenvalue weighted by Crippen LogP contribution is -2.43. The number of hydrogen-bond acceptors (Lipinski definition) is 4. The molecule has 0 atom stereocenters. The van der Waals surface area contributed by atoms with Gasteiger partial charge >= 0.3 is 0 Å². The fourth-order valence-electron chi connectivity index (χ4n) is 1.99. The molecule has 15 heavy (non-hydrogen) atoms. The van der Waals surface area contributed by atoms with Crippen LogP contribution in [0.4, 0.5) is 0 Å². The minimum atomic E-state index is -0.442. The predicted octanol–water partition coefficient (Wildman–Crippen LogP) is 1.22. The third kappa shape index (κ3) is 1.82. The maximum Gasteiger partial charge on any atom is 0.173 e. The average molecular weight is 209 g/mol. The number of carbonyl (C=O) groups is 1. The molecular weight excluding hydrogens is 194 g/mol. The minimum absolute atomic E-state index is 0.0852. The van der Waals surface area contributed by atoms with E-state index in [4.69, 9.17) is 14.9 Å². The first-order chi connectivity index (χ1) is 7.28. The number of Topliss-reactive ketones (excluding diaryl/α,β-unsaturated/α-hetero) is 1. The summed E-state index contributed by atoms with van der Waals surface area (Å²) in [6.45, 7) is 1.60. The van der Waals surface area contributed by atoms with Crippen molar-refractivity contribution in [2.75, 3.05) is 19.8 Å². The van der Waals surface area contributed by atoms with Crippen molar-refractivity contribution < 1.29 is 13.9 Å². The number of carbonyl (C=O) groups excluding carboxylic acids is 1. The third-order valence-electron chi connectivity index (χ3n) is 3.11. The summed E-state index contributed by atoms with van der Waals surface area (Å²) in [5.74, 6) is 0.0852. The van der Waals surface area contributed by atoms with Gasteiger partial charge in [0.15, 0.2) is 5.78 Å². The maximum absolute atomic E-state index is 12.2. The second kappa shape index (κ2) is 4.16. The molecule has 4 nitrogen and oxygen atoms in total. The first kappa shape index (κ1) is 10.4. The quantitative estimate of drug-likeness (QED) is 0.760. The molecule has 0 saturated carbocycles. The Hall–Kier alpha value is -1.13. The summed E-state index contributed by atoms with van der Waals surface area (Å²) >= 11 is 0. The lowest BCUT2D eigenvalue weighted by Gasteiger charge is -2.34. The monoisotopic (exact) mass is 209 g/mol. The van der Waals surface area contributed by atoms with Crippen molar-refractivity contribution in [3.63, 3.8) is 0 Å². The van der Waals surface area contributed by atoms with Gasteiger partial charge in [-0.15, -0.1) is 0 Å². The standard InChI is InChI=1S/C11H15NO3/c12-8-11(2-5-14-6-3-11)10(13)9-1-4-15-7-9/h1,4,7H,2-3,5-6,8,12H2. The Balaban J connectivity index is 2.22. The van der Waals surface area contributed by atoms with Crippen LogP contribution in [0.2, 0.25) is 0 Å². The lowest BCUT2D eigenvalue weighted by atomic mass is 9.74. The summed E-state index contributed by atoms with van der Waals surface area (Å²) in [5, 5.41) is 0. The van der Waals surface area contributed by atoms with Gasteiger partial charge < -0.3 is 14.9 Å². The molecule has 2 N–H and O–H groups in total. The van der Waals surface area contributed by atoms with Gasteiger partial charge in [0, 0.05) is 19.8 Å². The Labute approximate surface area is 88.4 Å². The van der Waals surface area contributed by atoms with Gasteiger partial charge in [0.25, 0.3) is 0 Å². The van der Waals surface area contributed by atoms with E-state index in [0.717, 1.165) is 0 Å². The van der Waals surface area contributed by atoms with Gasteiger partial charge in [0.2, 0.25) is 0 Å². The molecule has 1 aliphatic rings. The largest absolute Gasteiger partial charge is 0.472 e. The zero-order chi connectivity index (χ0) is 10.7. The lowest BCUT2D eigenvalue weighted by molar-refractivity contribution is 0.0200. The van der Waals surface area contributed by atoms with Crippen LogP contribution in [0.5, 0.6) is 0 Å². The zero-order valence-electron chi connectivity index (χ0n) is 8.57. The molecule has 0 unspecified atom stereocenters. The van der Waals surface area contributed by atoms with E-state index in [2.05, 4.69) is 0 Å². The SMILES string of the molecule is NCC1(C(=O)c2ccoc2)CCOCC1. The Bertz CT molecular complexity index is 326. The smallest absolute Gasteiger partial charge is 0.173 e. The number of rotatable bonds is 3. The van der Waals surface area contributed by atoms with E-state index in [0.29, 0.717) is 38.2 Å². The van der Waals surface area contributed by atoms with E-state index in [1.54, 1.807) is 6.07 Å². The van der Waals surface area contributed by atoms with Crippen LogP contribution < -0.4 is 5.73 Å². The van der Waals surface area contributed by atoms with E-state index in [9.17, 15) is 4.79 Å². The molecule has 4 heteroatoms. The highest BCUT2D eigenvalue weighted by Crippen LogP contribution is 2.33. The van der Waals surface area contributed by atoms with Crippen LogP contribution in [0.15, 0.2) is 23.0 Å². The van der Waals surface area contributed by atoms with Crippen molar-refractivity contribution in [3.8, 4) is 0 Å². The molecule has 0 aromatic carbocycles. The van der Waals surface area contributed by atoms with Crippen LogP contribution in [-0.4, -0.2) is 25.5 Å². The molecule has 1 fully saturated rings. The summed E-state index contributed by atoms with van der Waals surface area (Å²) in [4.78, 5) is 12.2. The molecule has 1 aromatic heterocycles. The first-order valence-electron chi connectivity index (χ1n) is 5.13. The Morgan fingerprint density at radius 2 is 2.20 bits per heavy atom. The molecular formula is C11H15NO3. The zero-order valence-corrected chi connectivity index (χ0v) is 8.57. The molecule has 0 bridgehead atoms. The van der Waals surface area contributed by atoms with Gasteiger partial charge in [-0.05, 0) is 18.9 Å².